The molecular weight excluding hydrogens is 237 g/mol. The highest BCUT2D eigenvalue weighted by Gasteiger charge is 2.19. The lowest BCUT2D eigenvalue weighted by Gasteiger charge is -2.28. The molecule has 1 N–H and O–H groups in total. The molecule has 1 aromatic rings. The van der Waals surface area contributed by atoms with E-state index in [2.05, 4.69) is 12.2 Å². The van der Waals surface area contributed by atoms with Crippen molar-refractivity contribution >= 4 is 0 Å². The summed E-state index contributed by atoms with van der Waals surface area (Å²) in [6.07, 6.45) is 7.73. The van der Waals surface area contributed by atoms with Gasteiger partial charge in [0.1, 0.15) is 5.82 Å². The molecule has 0 aromatic heterocycles. The fourth-order valence-electron chi connectivity index (χ4n) is 3.13. The van der Waals surface area contributed by atoms with Crippen LogP contribution in [0.2, 0.25) is 0 Å². The van der Waals surface area contributed by atoms with E-state index in [-0.39, 0.29) is 5.82 Å². The van der Waals surface area contributed by atoms with E-state index in [0.29, 0.717) is 6.04 Å². The summed E-state index contributed by atoms with van der Waals surface area (Å²) in [7, 11) is 0. The van der Waals surface area contributed by atoms with Crippen molar-refractivity contribution in [2.75, 3.05) is 6.54 Å². The Labute approximate surface area is 116 Å². The van der Waals surface area contributed by atoms with Gasteiger partial charge in [-0.25, -0.2) is 4.39 Å². The number of nitrogens with one attached hydrogen (secondary N) is 1. The molecule has 0 aliphatic heterocycles. The molecule has 0 atom stereocenters. The molecule has 2 heteroatoms. The Bertz CT molecular complexity index is 394. The zero-order valence-corrected chi connectivity index (χ0v) is 12.2. The Morgan fingerprint density at radius 3 is 2.58 bits per heavy atom. The third kappa shape index (κ3) is 4.31. The van der Waals surface area contributed by atoms with Gasteiger partial charge in [0, 0.05) is 6.04 Å². The topological polar surface area (TPSA) is 12.0 Å². The summed E-state index contributed by atoms with van der Waals surface area (Å²) in [5.41, 5.74) is 2.33. The summed E-state index contributed by atoms with van der Waals surface area (Å²) in [5, 5.41) is 3.66. The fraction of sp³-hybridized carbons (Fsp3) is 0.647. The van der Waals surface area contributed by atoms with Gasteiger partial charge in [-0.05, 0) is 74.8 Å². The molecule has 0 spiro atoms. The summed E-state index contributed by atoms with van der Waals surface area (Å²) < 4.78 is 13.0. The fourth-order valence-corrected chi connectivity index (χ4v) is 3.13. The van der Waals surface area contributed by atoms with Gasteiger partial charge in [-0.3, -0.25) is 0 Å². The lowest BCUT2D eigenvalue weighted by Crippen LogP contribution is -2.34. The second-order valence-electron chi connectivity index (χ2n) is 5.90. The number of halogens is 1. The van der Waals surface area contributed by atoms with E-state index in [0.717, 1.165) is 24.4 Å². The zero-order valence-electron chi connectivity index (χ0n) is 12.2. The Morgan fingerprint density at radius 2 is 1.95 bits per heavy atom. The smallest absolute Gasteiger partial charge is 0.123 e. The van der Waals surface area contributed by atoms with Gasteiger partial charge in [-0.2, -0.15) is 0 Å². The predicted molar refractivity (Wildman–Crippen MR) is 78.9 cm³/mol. The van der Waals surface area contributed by atoms with Crippen molar-refractivity contribution in [3.05, 3.63) is 35.1 Å². The van der Waals surface area contributed by atoms with Crippen molar-refractivity contribution in [1.29, 1.82) is 0 Å². The number of hydrogen-bond donors (Lipinski definition) is 1. The molecular formula is C17H26FN. The molecule has 2 rings (SSSR count). The van der Waals surface area contributed by atoms with Crippen molar-refractivity contribution in [3.8, 4) is 0 Å². The van der Waals surface area contributed by atoms with Crippen LogP contribution in [-0.4, -0.2) is 12.6 Å². The van der Waals surface area contributed by atoms with Gasteiger partial charge < -0.3 is 5.32 Å². The third-order valence-corrected chi connectivity index (χ3v) is 4.56. The molecule has 0 radical (unpaired) electrons. The van der Waals surface area contributed by atoms with Gasteiger partial charge in [0.15, 0.2) is 0 Å². The van der Waals surface area contributed by atoms with Crippen LogP contribution in [0.3, 0.4) is 0 Å². The molecule has 1 aliphatic rings. The molecule has 0 heterocycles. The lowest BCUT2D eigenvalue weighted by molar-refractivity contribution is 0.287. The maximum absolute atomic E-state index is 13.0. The first-order valence-electron chi connectivity index (χ1n) is 7.67. The summed E-state index contributed by atoms with van der Waals surface area (Å²) in [6, 6.07) is 5.81. The zero-order chi connectivity index (χ0) is 13.7. The second-order valence-corrected chi connectivity index (χ2v) is 5.90. The van der Waals surface area contributed by atoms with E-state index >= 15 is 0 Å². The standard InChI is InChI=1S/C17H26FN/c1-3-14-4-8-17(9-5-14)19-11-10-15-6-7-16(18)12-13(15)2/h6-7,12,14,17,19H,3-5,8-11H2,1-2H3. The first kappa shape index (κ1) is 14.5. The van der Waals surface area contributed by atoms with Gasteiger partial charge in [-0.1, -0.05) is 19.4 Å². The van der Waals surface area contributed by atoms with Crippen molar-refractivity contribution < 1.29 is 4.39 Å². The monoisotopic (exact) mass is 263 g/mol. The maximum atomic E-state index is 13.0. The summed E-state index contributed by atoms with van der Waals surface area (Å²) in [5.74, 6) is 0.824. The molecule has 1 aromatic carbocycles. The van der Waals surface area contributed by atoms with Crippen molar-refractivity contribution in [3.63, 3.8) is 0 Å². The van der Waals surface area contributed by atoms with Gasteiger partial charge in [0.05, 0.1) is 0 Å². The minimum atomic E-state index is -0.132. The number of rotatable bonds is 5. The minimum Gasteiger partial charge on any atom is -0.314 e. The van der Waals surface area contributed by atoms with E-state index in [1.807, 2.05) is 13.0 Å². The van der Waals surface area contributed by atoms with Crippen molar-refractivity contribution in [1.82, 2.24) is 5.32 Å². The molecule has 1 aliphatic carbocycles. The van der Waals surface area contributed by atoms with Crippen LogP contribution in [-0.2, 0) is 6.42 Å². The molecule has 19 heavy (non-hydrogen) atoms. The second kappa shape index (κ2) is 7.04. The quantitative estimate of drug-likeness (QED) is 0.838. The Balaban J connectivity index is 1.72. The summed E-state index contributed by atoms with van der Waals surface area (Å²) in [6.45, 7) is 5.30. The van der Waals surface area contributed by atoms with E-state index in [1.54, 1.807) is 12.1 Å². The van der Waals surface area contributed by atoms with E-state index in [4.69, 9.17) is 0 Å². The Kier molecular flexibility index (Phi) is 5.38. The van der Waals surface area contributed by atoms with Gasteiger partial charge >= 0.3 is 0 Å². The Hall–Kier alpha value is -0.890. The minimum absolute atomic E-state index is 0.132. The molecule has 0 saturated heterocycles. The van der Waals surface area contributed by atoms with Crippen molar-refractivity contribution in [2.24, 2.45) is 5.92 Å². The molecule has 1 fully saturated rings. The summed E-state index contributed by atoms with van der Waals surface area (Å²) >= 11 is 0. The van der Waals surface area contributed by atoms with Crippen LogP contribution in [0.1, 0.15) is 50.2 Å². The van der Waals surface area contributed by atoms with E-state index < -0.39 is 0 Å². The highest BCUT2D eigenvalue weighted by Crippen LogP contribution is 2.26. The van der Waals surface area contributed by atoms with Crippen LogP contribution < -0.4 is 5.32 Å². The first-order chi connectivity index (χ1) is 9.19. The lowest BCUT2D eigenvalue weighted by atomic mass is 9.84. The summed E-state index contributed by atoms with van der Waals surface area (Å²) in [4.78, 5) is 0. The van der Waals surface area contributed by atoms with Gasteiger partial charge in [0.25, 0.3) is 0 Å². The van der Waals surface area contributed by atoms with Crippen LogP contribution in [0.15, 0.2) is 18.2 Å². The largest absolute Gasteiger partial charge is 0.314 e. The molecule has 1 saturated carbocycles. The molecule has 0 bridgehead atoms. The number of aryl methyl sites for hydroxylation is 1. The SMILES string of the molecule is CCC1CCC(NCCc2ccc(F)cc2C)CC1. The average Bonchev–Trinajstić information content (AvgIpc) is 2.42. The van der Waals surface area contributed by atoms with Gasteiger partial charge in [0.2, 0.25) is 0 Å². The van der Waals surface area contributed by atoms with Crippen LogP contribution in [0.25, 0.3) is 0 Å². The average molecular weight is 263 g/mol. The van der Waals surface area contributed by atoms with Gasteiger partial charge in [-0.15, -0.1) is 0 Å². The van der Waals surface area contributed by atoms with E-state index in [9.17, 15) is 4.39 Å². The molecule has 0 amide bonds. The molecule has 0 unspecified atom stereocenters. The Morgan fingerprint density at radius 1 is 1.21 bits per heavy atom. The van der Waals surface area contributed by atoms with Crippen LogP contribution in [0.5, 0.6) is 0 Å². The molecule has 106 valence electrons. The van der Waals surface area contributed by atoms with Crippen molar-refractivity contribution in [2.45, 2.75) is 58.4 Å². The van der Waals surface area contributed by atoms with Crippen LogP contribution >= 0.6 is 0 Å². The first-order valence-corrected chi connectivity index (χ1v) is 7.67. The van der Waals surface area contributed by atoms with E-state index in [1.165, 1.54) is 37.7 Å². The number of benzene rings is 1. The maximum Gasteiger partial charge on any atom is 0.123 e. The van der Waals surface area contributed by atoms with Crippen LogP contribution in [0.4, 0.5) is 4.39 Å². The highest BCUT2D eigenvalue weighted by atomic mass is 19.1. The molecule has 1 nitrogen and oxygen atoms in total. The normalized spacial score (nSPS) is 23.5. The van der Waals surface area contributed by atoms with Crippen LogP contribution in [0, 0.1) is 18.7 Å². The third-order valence-electron chi connectivity index (χ3n) is 4.56. The highest BCUT2D eigenvalue weighted by molar-refractivity contribution is 5.26. The number of hydrogen-bond acceptors (Lipinski definition) is 1. The predicted octanol–water partition coefficient (Wildman–Crippen LogP) is 4.24.